The Morgan fingerprint density at radius 1 is 0.263 bits per heavy atom. The fraction of sp³-hybridized carbons (Fsp3) is 0.554. The van der Waals surface area contributed by atoms with E-state index in [4.69, 9.17) is 14.2 Å². The molecule has 0 spiro atoms. The van der Waals surface area contributed by atoms with Gasteiger partial charge in [-0.15, -0.1) is 0 Å². The number of hydrogen-bond donors (Lipinski definition) is 0. The van der Waals surface area contributed by atoms with E-state index in [1.54, 1.807) is 0 Å². The summed E-state index contributed by atoms with van der Waals surface area (Å²) in [6, 6.07) is 0. The topological polar surface area (TPSA) is 78.9 Å². The van der Waals surface area contributed by atoms with Crippen LogP contribution in [-0.4, -0.2) is 37.2 Å². The quantitative estimate of drug-likeness (QED) is 0.0261. The highest BCUT2D eigenvalue weighted by atomic mass is 16.6. The van der Waals surface area contributed by atoms with Crippen LogP contribution in [0.15, 0.2) is 182 Å². The molecule has 1 unspecified atom stereocenters. The molecular weight excluding hydrogens is 985 g/mol. The maximum absolute atomic E-state index is 12.9. The van der Waals surface area contributed by atoms with E-state index in [1.165, 1.54) is 19.3 Å². The van der Waals surface area contributed by atoms with E-state index in [0.29, 0.717) is 19.3 Å². The first-order valence-electron chi connectivity index (χ1n) is 31.8. The minimum absolute atomic E-state index is 0.115. The van der Waals surface area contributed by atoms with Crippen molar-refractivity contribution >= 4 is 17.9 Å². The predicted octanol–water partition coefficient (Wildman–Crippen LogP) is 22.0. The lowest BCUT2D eigenvalue weighted by Gasteiger charge is -2.18. The van der Waals surface area contributed by atoms with Gasteiger partial charge in [-0.1, -0.05) is 254 Å². The Kier molecular flexibility index (Phi) is 61.5. The zero-order valence-corrected chi connectivity index (χ0v) is 51.0. The Morgan fingerprint density at radius 3 is 0.775 bits per heavy atom. The fourth-order valence-corrected chi connectivity index (χ4v) is 7.91. The summed E-state index contributed by atoms with van der Waals surface area (Å²) < 4.78 is 16.8. The lowest BCUT2D eigenvalue weighted by molar-refractivity contribution is -0.167. The van der Waals surface area contributed by atoms with Gasteiger partial charge in [0.2, 0.25) is 0 Å². The molecule has 0 bridgehead atoms. The van der Waals surface area contributed by atoms with E-state index in [9.17, 15) is 14.4 Å². The molecule has 0 aromatic rings. The van der Waals surface area contributed by atoms with Crippen molar-refractivity contribution in [3.63, 3.8) is 0 Å². The van der Waals surface area contributed by atoms with E-state index < -0.39 is 6.10 Å². The average molecular weight is 1100 g/mol. The molecule has 0 fully saturated rings. The third kappa shape index (κ3) is 63.3. The van der Waals surface area contributed by atoms with Crippen LogP contribution in [0, 0.1) is 0 Å². The number of carbonyl (C=O) groups excluding carboxylic acids is 3. The van der Waals surface area contributed by atoms with Crippen molar-refractivity contribution in [3.05, 3.63) is 182 Å². The second-order valence-electron chi connectivity index (χ2n) is 20.2. The first kappa shape index (κ1) is 74.5. The van der Waals surface area contributed by atoms with Crippen LogP contribution < -0.4 is 0 Å². The summed E-state index contributed by atoms with van der Waals surface area (Å²) >= 11 is 0. The van der Waals surface area contributed by atoms with Gasteiger partial charge in [0.1, 0.15) is 13.2 Å². The number of unbranched alkanes of at least 4 members (excludes halogenated alkanes) is 14. The van der Waals surface area contributed by atoms with Crippen LogP contribution in [0.2, 0.25) is 0 Å². The summed E-state index contributed by atoms with van der Waals surface area (Å²) in [6.07, 6.45) is 99.0. The van der Waals surface area contributed by atoms with Gasteiger partial charge in [0.25, 0.3) is 0 Å². The highest BCUT2D eigenvalue weighted by molar-refractivity contribution is 5.71. The Bertz CT molecular complexity index is 1890. The highest BCUT2D eigenvalue weighted by Gasteiger charge is 2.19. The first-order valence-corrected chi connectivity index (χ1v) is 31.8. The second kappa shape index (κ2) is 66.0. The van der Waals surface area contributed by atoms with Gasteiger partial charge in [-0.25, -0.2) is 0 Å². The highest BCUT2D eigenvalue weighted by Crippen LogP contribution is 2.13. The zero-order valence-electron chi connectivity index (χ0n) is 51.0. The summed E-state index contributed by atoms with van der Waals surface area (Å²) in [5.74, 6) is -0.991. The van der Waals surface area contributed by atoms with E-state index in [0.717, 1.165) is 186 Å². The van der Waals surface area contributed by atoms with Crippen molar-refractivity contribution in [1.82, 2.24) is 0 Å². The van der Waals surface area contributed by atoms with Gasteiger partial charge in [-0.3, -0.25) is 14.4 Å². The summed E-state index contributed by atoms with van der Waals surface area (Å²) in [5, 5.41) is 0. The molecule has 0 radical (unpaired) electrons. The summed E-state index contributed by atoms with van der Waals surface area (Å²) in [6.45, 7) is 6.29. The van der Waals surface area contributed by atoms with Crippen molar-refractivity contribution in [2.24, 2.45) is 0 Å². The van der Waals surface area contributed by atoms with Gasteiger partial charge < -0.3 is 14.2 Å². The number of carbonyl (C=O) groups is 3. The minimum atomic E-state index is -0.818. The van der Waals surface area contributed by atoms with Crippen LogP contribution in [0.1, 0.15) is 245 Å². The van der Waals surface area contributed by atoms with Crippen LogP contribution in [0.25, 0.3) is 0 Å². The van der Waals surface area contributed by atoms with Crippen molar-refractivity contribution in [2.45, 2.75) is 252 Å². The normalized spacial score (nSPS) is 13.4. The fourth-order valence-electron chi connectivity index (χ4n) is 7.91. The van der Waals surface area contributed by atoms with Crippen molar-refractivity contribution in [2.75, 3.05) is 13.2 Å². The Balaban J connectivity index is 4.35. The summed E-state index contributed by atoms with van der Waals surface area (Å²) in [4.78, 5) is 38.2. The number of esters is 3. The third-order valence-corrected chi connectivity index (χ3v) is 12.6. The smallest absolute Gasteiger partial charge is 0.306 e. The Morgan fingerprint density at radius 2 is 0.487 bits per heavy atom. The number of hydrogen-bond acceptors (Lipinski definition) is 6. The SMILES string of the molecule is CC/C=C\C/C=C\C/C=C\C/C=C\C/C=C\C/C=C\C/C=C\C/C=C\C/C=C\C/C=C\CCCCCCC(=O)OCC(COC(=O)CCCCC/C=C\C/C=C\C/C=C\CC)OC(=O)CCCCCCC/C=C\C/C=C\CCCC. The predicted molar refractivity (Wildman–Crippen MR) is 348 cm³/mol. The van der Waals surface area contributed by atoms with Gasteiger partial charge in [0.15, 0.2) is 6.10 Å². The number of allylic oxidation sites excluding steroid dienone is 30. The zero-order chi connectivity index (χ0) is 57.8. The molecule has 0 saturated heterocycles. The van der Waals surface area contributed by atoms with Crippen molar-refractivity contribution < 1.29 is 28.6 Å². The molecule has 0 amide bonds. The maximum atomic E-state index is 12.9. The Hall–Kier alpha value is -5.49. The second-order valence-corrected chi connectivity index (χ2v) is 20.2. The standard InChI is InChI=1S/C74H114O6/c1-4-7-10-13-16-19-22-25-27-28-29-30-31-32-33-34-35-36-37-38-39-40-41-42-43-44-45-46-47-50-52-55-58-61-64-67-73(76)79-70-71(69-78-72(75)66-63-60-57-54-51-48-24-21-18-15-12-9-6-3)80-74(77)68-65-62-59-56-53-49-26-23-20-17-14-11-8-5-2/h7,9-10,12,14,16-19,21,23,25-27,29-30,32-33,35-36,38-39,41-42,44-45,47-48,50-51,71H,4-6,8,11,13,15,20,22,24,28,31,34,37,40,43,46,49,52-70H2,1-3H3/b10-7-,12-9-,17-14-,19-16-,21-18-,26-23-,27-25-,30-29-,33-32-,36-35-,39-38-,42-41-,45-44-,50-47-,51-48-. The van der Waals surface area contributed by atoms with Gasteiger partial charge in [0, 0.05) is 19.3 Å². The summed E-state index contributed by atoms with van der Waals surface area (Å²) in [5.41, 5.74) is 0. The molecule has 0 aromatic heterocycles. The molecule has 80 heavy (non-hydrogen) atoms. The molecule has 0 rings (SSSR count). The van der Waals surface area contributed by atoms with Gasteiger partial charge in [-0.05, 0) is 154 Å². The molecular formula is C74H114O6. The van der Waals surface area contributed by atoms with E-state index in [2.05, 4.69) is 203 Å². The lowest BCUT2D eigenvalue weighted by atomic mass is 10.1. The molecule has 0 heterocycles. The van der Waals surface area contributed by atoms with Crippen LogP contribution in [-0.2, 0) is 28.6 Å². The minimum Gasteiger partial charge on any atom is -0.462 e. The average Bonchev–Trinajstić information content (AvgIpc) is 3.46. The Labute approximate surface area is 491 Å². The van der Waals surface area contributed by atoms with Crippen LogP contribution in [0.3, 0.4) is 0 Å². The molecule has 0 aliphatic rings. The monoisotopic (exact) mass is 1100 g/mol. The molecule has 0 N–H and O–H groups in total. The molecule has 0 aliphatic carbocycles. The van der Waals surface area contributed by atoms with Crippen LogP contribution >= 0.6 is 0 Å². The van der Waals surface area contributed by atoms with Crippen molar-refractivity contribution in [1.29, 1.82) is 0 Å². The number of rotatable bonds is 55. The molecule has 1 atom stereocenters. The molecule has 0 aromatic carbocycles. The van der Waals surface area contributed by atoms with Gasteiger partial charge >= 0.3 is 17.9 Å². The van der Waals surface area contributed by atoms with E-state index >= 15 is 0 Å². The van der Waals surface area contributed by atoms with Gasteiger partial charge in [-0.2, -0.15) is 0 Å². The van der Waals surface area contributed by atoms with E-state index in [1.807, 2.05) is 0 Å². The molecule has 0 saturated carbocycles. The molecule has 446 valence electrons. The largest absolute Gasteiger partial charge is 0.462 e. The first-order chi connectivity index (χ1) is 39.5. The third-order valence-electron chi connectivity index (χ3n) is 12.6. The summed E-state index contributed by atoms with van der Waals surface area (Å²) in [7, 11) is 0. The molecule has 6 nitrogen and oxygen atoms in total. The maximum Gasteiger partial charge on any atom is 0.306 e. The van der Waals surface area contributed by atoms with Crippen molar-refractivity contribution in [3.8, 4) is 0 Å². The van der Waals surface area contributed by atoms with Gasteiger partial charge in [0.05, 0.1) is 0 Å². The molecule has 0 aliphatic heterocycles. The van der Waals surface area contributed by atoms with Crippen LogP contribution in [0.5, 0.6) is 0 Å². The van der Waals surface area contributed by atoms with E-state index in [-0.39, 0.29) is 31.1 Å². The lowest BCUT2D eigenvalue weighted by Crippen LogP contribution is -2.30. The number of ether oxygens (including phenoxy) is 3. The van der Waals surface area contributed by atoms with Crippen LogP contribution in [0.4, 0.5) is 0 Å². The molecule has 6 heteroatoms.